The van der Waals surface area contributed by atoms with Gasteiger partial charge in [0.05, 0.1) is 6.20 Å². The van der Waals surface area contributed by atoms with Crippen molar-refractivity contribution in [3.63, 3.8) is 0 Å². The lowest BCUT2D eigenvalue weighted by molar-refractivity contribution is 0.240. The first-order valence-corrected chi connectivity index (χ1v) is 5.32. The van der Waals surface area contributed by atoms with Crippen LogP contribution in [0.15, 0.2) is 6.20 Å². The normalized spacial score (nSPS) is 24.6. The van der Waals surface area contributed by atoms with Crippen molar-refractivity contribution in [1.82, 2.24) is 15.5 Å². The van der Waals surface area contributed by atoms with Crippen molar-refractivity contribution < 1.29 is 0 Å². The van der Waals surface area contributed by atoms with Gasteiger partial charge >= 0.3 is 0 Å². The van der Waals surface area contributed by atoms with Gasteiger partial charge in [-0.3, -0.25) is 5.10 Å². The number of aromatic amines is 1. The Labute approximate surface area is 85.3 Å². The van der Waals surface area contributed by atoms with E-state index in [0.29, 0.717) is 11.3 Å². The van der Waals surface area contributed by atoms with Gasteiger partial charge in [-0.25, -0.2) is 0 Å². The Morgan fingerprint density at radius 3 is 3.14 bits per heavy atom. The van der Waals surface area contributed by atoms with E-state index in [1.807, 2.05) is 13.2 Å². The number of fused-ring (bicyclic) bond motifs is 1. The van der Waals surface area contributed by atoms with E-state index in [-0.39, 0.29) is 0 Å². The number of hydrogen-bond acceptors (Lipinski definition) is 2. The molecule has 0 saturated carbocycles. The molecule has 1 heterocycles. The first-order valence-electron chi connectivity index (χ1n) is 5.32. The first kappa shape index (κ1) is 9.71. The summed E-state index contributed by atoms with van der Waals surface area (Å²) >= 11 is 0. The van der Waals surface area contributed by atoms with E-state index in [1.165, 1.54) is 17.7 Å². The fraction of sp³-hybridized carbons (Fsp3) is 0.727. The molecule has 3 nitrogen and oxygen atoms in total. The summed E-state index contributed by atoms with van der Waals surface area (Å²) in [7, 11) is 2.02. The van der Waals surface area contributed by atoms with Crippen LogP contribution in [0.3, 0.4) is 0 Å². The van der Waals surface area contributed by atoms with Crippen LogP contribution < -0.4 is 5.32 Å². The zero-order valence-corrected chi connectivity index (χ0v) is 9.22. The van der Waals surface area contributed by atoms with Gasteiger partial charge in [-0.05, 0) is 30.9 Å². The monoisotopic (exact) mass is 193 g/mol. The Morgan fingerprint density at radius 1 is 1.64 bits per heavy atom. The summed E-state index contributed by atoms with van der Waals surface area (Å²) in [6, 6.07) is 0. The smallest absolute Gasteiger partial charge is 0.0525 e. The SMILES string of the molecule is CNCC1c2cn[nH]c2CCC1(C)C. The molecular weight excluding hydrogens is 174 g/mol. The Hall–Kier alpha value is -0.830. The summed E-state index contributed by atoms with van der Waals surface area (Å²) in [5.41, 5.74) is 3.14. The largest absolute Gasteiger partial charge is 0.319 e. The standard InChI is InChI=1S/C11H19N3/c1-11(2)5-4-10-8(6-13-14-10)9(11)7-12-3/h6,9,12H,4-5,7H2,1-3H3,(H,13,14). The predicted octanol–water partition coefficient (Wildman–Crippen LogP) is 1.69. The van der Waals surface area contributed by atoms with Crippen molar-refractivity contribution in [3.8, 4) is 0 Å². The molecular formula is C11H19N3. The number of H-pyrrole nitrogens is 1. The van der Waals surface area contributed by atoms with E-state index >= 15 is 0 Å². The maximum atomic E-state index is 4.15. The molecule has 0 bridgehead atoms. The van der Waals surface area contributed by atoms with Crippen LogP contribution in [0, 0.1) is 5.41 Å². The van der Waals surface area contributed by atoms with Crippen molar-refractivity contribution in [2.75, 3.05) is 13.6 Å². The van der Waals surface area contributed by atoms with Gasteiger partial charge in [-0.1, -0.05) is 13.8 Å². The zero-order valence-electron chi connectivity index (χ0n) is 9.22. The third kappa shape index (κ3) is 1.46. The van der Waals surface area contributed by atoms with Gasteiger partial charge in [0.25, 0.3) is 0 Å². The van der Waals surface area contributed by atoms with Crippen LogP contribution in [0.5, 0.6) is 0 Å². The Balaban J connectivity index is 2.33. The summed E-state index contributed by atoms with van der Waals surface area (Å²) in [6.45, 7) is 5.75. The molecule has 2 N–H and O–H groups in total. The average Bonchev–Trinajstić information content (AvgIpc) is 2.58. The molecule has 1 aliphatic carbocycles. The summed E-state index contributed by atoms with van der Waals surface area (Å²) in [6.07, 6.45) is 4.38. The summed E-state index contributed by atoms with van der Waals surface area (Å²) in [5, 5.41) is 10.5. The molecule has 0 saturated heterocycles. The second kappa shape index (κ2) is 3.39. The van der Waals surface area contributed by atoms with Gasteiger partial charge in [0.1, 0.15) is 0 Å². The van der Waals surface area contributed by atoms with E-state index in [1.54, 1.807) is 0 Å². The third-order valence-corrected chi connectivity index (χ3v) is 3.50. The van der Waals surface area contributed by atoms with Crippen molar-refractivity contribution in [3.05, 3.63) is 17.5 Å². The lowest BCUT2D eigenvalue weighted by atomic mass is 9.68. The van der Waals surface area contributed by atoms with E-state index in [2.05, 4.69) is 29.4 Å². The van der Waals surface area contributed by atoms with Crippen molar-refractivity contribution in [1.29, 1.82) is 0 Å². The average molecular weight is 193 g/mol. The van der Waals surface area contributed by atoms with E-state index in [0.717, 1.165) is 13.0 Å². The van der Waals surface area contributed by atoms with Gasteiger partial charge in [0, 0.05) is 18.2 Å². The number of aromatic nitrogens is 2. The van der Waals surface area contributed by atoms with Gasteiger partial charge < -0.3 is 5.32 Å². The van der Waals surface area contributed by atoms with Crippen LogP contribution in [0.2, 0.25) is 0 Å². The summed E-state index contributed by atoms with van der Waals surface area (Å²) in [5.74, 6) is 0.593. The molecule has 0 fully saturated rings. The highest BCUT2D eigenvalue weighted by atomic mass is 15.1. The van der Waals surface area contributed by atoms with E-state index in [4.69, 9.17) is 0 Å². The number of aryl methyl sites for hydroxylation is 1. The maximum Gasteiger partial charge on any atom is 0.0525 e. The number of rotatable bonds is 2. The molecule has 1 unspecified atom stereocenters. The van der Waals surface area contributed by atoms with Crippen LogP contribution >= 0.6 is 0 Å². The highest BCUT2D eigenvalue weighted by Gasteiger charge is 2.36. The predicted molar refractivity (Wildman–Crippen MR) is 57.4 cm³/mol. The lowest BCUT2D eigenvalue weighted by Gasteiger charge is -2.38. The molecule has 0 aromatic carbocycles. The molecule has 1 atom stereocenters. The molecule has 1 aromatic rings. The highest BCUT2D eigenvalue weighted by Crippen LogP contribution is 2.43. The first-order chi connectivity index (χ1) is 6.65. The van der Waals surface area contributed by atoms with Gasteiger partial charge in [0.15, 0.2) is 0 Å². The van der Waals surface area contributed by atoms with Crippen molar-refractivity contribution >= 4 is 0 Å². The number of likely N-dealkylation sites (N-methyl/N-ethyl adjacent to an activating group) is 1. The highest BCUT2D eigenvalue weighted by molar-refractivity contribution is 5.27. The van der Waals surface area contributed by atoms with E-state index < -0.39 is 0 Å². The Morgan fingerprint density at radius 2 is 2.43 bits per heavy atom. The third-order valence-electron chi connectivity index (χ3n) is 3.50. The summed E-state index contributed by atoms with van der Waals surface area (Å²) in [4.78, 5) is 0. The fourth-order valence-electron chi connectivity index (χ4n) is 2.46. The molecule has 1 aromatic heterocycles. The van der Waals surface area contributed by atoms with Crippen LogP contribution in [-0.2, 0) is 6.42 Å². The quantitative estimate of drug-likeness (QED) is 0.750. The molecule has 14 heavy (non-hydrogen) atoms. The molecule has 3 heteroatoms. The van der Waals surface area contributed by atoms with Crippen LogP contribution in [-0.4, -0.2) is 23.8 Å². The Bertz CT molecular complexity index is 314. The summed E-state index contributed by atoms with van der Waals surface area (Å²) < 4.78 is 0. The number of nitrogens with one attached hydrogen (secondary N) is 2. The lowest BCUT2D eigenvalue weighted by Crippen LogP contribution is -2.34. The van der Waals surface area contributed by atoms with Crippen LogP contribution in [0.4, 0.5) is 0 Å². The topological polar surface area (TPSA) is 40.7 Å². The van der Waals surface area contributed by atoms with Crippen LogP contribution in [0.25, 0.3) is 0 Å². The molecule has 0 spiro atoms. The van der Waals surface area contributed by atoms with Crippen molar-refractivity contribution in [2.24, 2.45) is 5.41 Å². The van der Waals surface area contributed by atoms with Crippen molar-refractivity contribution in [2.45, 2.75) is 32.6 Å². The number of hydrogen-bond donors (Lipinski definition) is 2. The molecule has 78 valence electrons. The molecule has 0 radical (unpaired) electrons. The minimum absolute atomic E-state index is 0.389. The minimum Gasteiger partial charge on any atom is -0.319 e. The van der Waals surface area contributed by atoms with E-state index in [9.17, 15) is 0 Å². The zero-order chi connectivity index (χ0) is 10.2. The molecule has 0 amide bonds. The van der Waals surface area contributed by atoms with Crippen LogP contribution in [0.1, 0.15) is 37.4 Å². The maximum absolute atomic E-state index is 4.15. The molecule has 0 aliphatic heterocycles. The second-order valence-corrected chi connectivity index (χ2v) is 4.90. The van der Waals surface area contributed by atoms with Gasteiger partial charge in [-0.15, -0.1) is 0 Å². The fourth-order valence-corrected chi connectivity index (χ4v) is 2.46. The minimum atomic E-state index is 0.389. The Kier molecular flexibility index (Phi) is 2.35. The number of nitrogens with zero attached hydrogens (tertiary/aromatic N) is 1. The molecule has 2 rings (SSSR count). The molecule has 1 aliphatic rings. The second-order valence-electron chi connectivity index (χ2n) is 4.90. The van der Waals surface area contributed by atoms with Gasteiger partial charge in [-0.2, -0.15) is 5.10 Å². The van der Waals surface area contributed by atoms with Gasteiger partial charge in [0.2, 0.25) is 0 Å².